The lowest BCUT2D eigenvalue weighted by Gasteiger charge is -2.15. The van der Waals surface area contributed by atoms with Crippen molar-refractivity contribution >= 4 is 11.6 Å². The molecule has 110 valence electrons. The molecule has 2 aromatic carbocycles. The van der Waals surface area contributed by atoms with Crippen molar-refractivity contribution in [2.24, 2.45) is 0 Å². The van der Waals surface area contributed by atoms with Crippen molar-refractivity contribution < 1.29 is 13.9 Å². The van der Waals surface area contributed by atoms with E-state index in [0.717, 1.165) is 12.0 Å². The summed E-state index contributed by atoms with van der Waals surface area (Å²) in [6.07, 6.45) is 0.184. The molecule has 0 aliphatic rings. The monoisotopic (exact) mass is 287 g/mol. The van der Waals surface area contributed by atoms with Crippen LogP contribution in [0.25, 0.3) is 0 Å². The Morgan fingerprint density at radius 3 is 2.71 bits per heavy atom. The fourth-order valence-electron chi connectivity index (χ4n) is 1.89. The van der Waals surface area contributed by atoms with Gasteiger partial charge in [0.25, 0.3) is 5.91 Å². The largest absolute Gasteiger partial charge is 0.481 e. The van der Waals surface area contributed by atoms with Gasteiger partial charge in [-0.2, -0.15) is 0 Å². The molecule has 4 heteroatoms. The van der Waals surface area contributed by atoms with Crippen LogP contribution >= 0.6 is 0 Å². The smallest absolute Gasteiger partial charge is 0.265 e. The highest BCUT2D eigenvalue weighted by Gasteiger charge is 2.16. The maximum absolute atomic E-state index is 13.5. The fourth-order valence-corrected chi connectivity index (χ4v) is 1.89. The number of carbonyl (C=O) groups is 1. The van der Waals surface area contributed by atoms with Crippen molar-refractivity contribution in [3.8, 4) is 5.75 Å². The van der Waals surface area contributed by atoms with Crippen molar-refractivity contribution in [2.75, 3.05) is 5.32 Å². The van der Waals surface area contributed by atoms with E-state index in [1.54, 1.807) is 25.1 Å². The third-order valence-electron chi connectivity index (χ3n) is 3.12. The Labute approximate surface area is 123 Å². The van der Waals surface area contributed by atoms with E-state index in [4.69, 9.17) is 4.74 Å². The molecule has 2 rings (SSSR count). The lowest BCUT2D eigenvalue weighted by atomic mass is 10.2. The number of rotatable bonds is 5. The predicted molar refractivity (Wildman–Crippen MR) is 80.9 cm³/mol. The number of amides is 1. The first-order valence-electron chi connectivity index (χ1n) is 6.91. The summed E-state index contributed by atoms with van der Waals surface area (Å²) in [6.45, 7) is 3.68. The number of para-hydroxylation sites is 1. The predicted octanol–water partition coefficient (Wildman–Crippen LogP) is 3.79. The van der Waals surface area contributed by atoms with E-state index in [2.05, 4.69) is 5.32 Å². The minimum atomic E-state index is -0.711. The van der Waals surface area contributed by atoms with E-state index in [1.165, 1.54) is 12.1 Å². The van der Waals surface area contributed by atoms with Crippen LogP contribution in [-0.2, 0) is 11.2 Å². The second-order valence-electron chi connectivity index (χ2n) is 4.73. The number of hydrogen-bond acceptors (Lipinski definition) is 2. The summed E-state index contributed by atoms with van der Waals surface area (Å²) in [4.78, 5) is 12.0. The molecule has 0 bridgehead atoms. The first-order chi connectivity index (χ1) is 10.1. The second kappa shape index (κ2) is 6.88. The molecule has 0 heterocycles. The van der Waals surface area contributed by atoms with Crippen LogP contribution in [0.4, 0.5) is 10.1 Å². The zero-order chi connectivity index (χ0) is 15.2. The Morgan fingerprint density at radius 1 is 1.24 bits per heavy atom. The molecule has 1 unspecified atom stereocenters. The van der Waals surface area contributed by atoms with Gasteiger partial charge in [-0.05, 0) is 43.2 Å². The first kappa shape index (κ1) is 15.0. The van der Waals surface area contributed by atoms with Crippen LogP contribution in [0, 0.1) is 5.82 Å². The molecule has 1 N–H and O–H groups in total. The molecular formula is C17H18FNO2. The van der Waals surface area contributed by atoms with Gasteiger partial charge >= 0.3 is 0 Å². The molecule has 3 nitrogen and oxygen atoms in total. The van der Waals surface area contributed by atoms with Gasteiger partial charge in [-0.3, -0.25) is 4.79 Å². The molecule has 2 aromatic rings. The van der Waals surface area contributed by atoms with Crippen LogP contribution in [0.15, 0.2) is 48.5 Å². The molecule has 0 aliphatic carbocycles. The summed E-state index contributed by atoms with van der Waals surface area (Å²) in [7, 11) is 0. The summed E-state index contributed by atoms with van der Waals surface area (Å²) in [5.74, 6) is -0.224. The molecule has 0 aromatic heterocycles. The number of aryl methyl sites for hydroxylation is 1. The molecule has 0 radical (unpaired) electrons. The van der Waals surface area contributed by atoms with Crippen LogP contribution < -0.4 is 10.1 Å². The third kappa shape index (κ3) is 4.05. The van der Waals surface area contributed by atoms with E-state index in [9.17, 15) is 9.18 Å². The molecule has 0 saturated carbocycles. The Kier molecular flexibility index (Phi) is 4.93. The maximum atomic E-state index is 13.5. The van der Waals surface area contributed by atoms with Crippen LogP contribution in [0.5, 0.6) is 5.75 Å². The van der Waals surface area contributed by atoms with E-state index in [-0.39, 0.29) is 11.6 Å². The average molecular weight is 287 g/mol. The van der Waals surface area contributed by atoms with Crippen LogP contribution in [0.1, 0.15) is 19.4 Å². The highest BCUT2D eigenvalue weighted by Crippen LogP contribution is 2.17. The summed E-state index contributed by atoms with van der Waals surface area (Å²) in [5.41, 5.74) is 1.29. The number of ether oxygens (including phenoxy) is 1. The van der Waals surface area contributed by atoms with Crippen molar-refractivity contribution in [3.05, 3.63) is 59.9 Å². The van der Waals surface area contributed by atoms with Gasteiger partial charge in [-0.1, -0.05) is 31.2 Å². The van der Waals surface area contributed by atoms with E-state index < -0.39 is 11.9 Å². The number of carbonyl (C=O) groups excluding carboxylic acids is 1. The van der Waals surface area contributed by atoms with Crippen LogP contribution in [-0.4, -0.2) is 12.0 Å². The number of benzene rings is 2. The summed E-state index contributed by atoms with van der Waals surface area (Å²) >= 11 is 0. The molecule has 0 aliphatic heterocycles. The normalized spacial score (nSPS) is 11.8. The van der Waals surface area contributed by atoms with Gasteiger partial charge in [0.1, 0.15) is 11.6 Å². The topological polar surface area (TPSA) is 38.3 Å². The summed E-state index contributed by atoms with van der Waals surface area (Å²) < 4.78 is 19.1. The van der Waals surface area contributed by atoms with Gasteiger partial charge in [-0.25, -0.2) is 4.39 Å². The standard InChI is InChI=1S/C17H18FNO2/c1-3-13-7-6-8-14(11-13)21-12(2)17(20)19-16-10-5-4-9-15(16)18/h4-12H,3H2,1-2H3,(H,19,20). The van der Waals surface area contributed by atoms with Gasteiger partial charge in [-0.15, -0.1) is 0 Å². The lowest BCUT2D eigenvalue weighted by Crippen LogP contribution is -2.30. The third-order valence-corrected chi connectivity index (χ3v) is 3.12. The Bertz CT molecular complexity index is 628. The van der Waals surface area contributed by atoms with Crippen molar-refractivity contribution in [1.82, 2.24) is 0 Å². The molecule has 1 amide bonds. The molecule has 1 atom stereocenters. The average Bonchev–Trinajstić information content (AvgIpc) is 2.49. The first-order valence-corrected chi connectivity index (χ1v) is 6.91. The van der Waals surface area contributed by atoms with Gasteiger partial charge < -0.3 is 10.1 Å². The van der Waals surface area contributed by atoms with Gasteiger partial charge in [0, 0.05) is 0 Å². The quantitative estimate of drug-likeness (QED) is 0.908. The van der Waals surface area contributed by atoms with E-state index in [1.807, 2.05) is 25.1 Å². The molecule has 0 saturated heterocycles. The van der Waals surface area contributed by atoms with Gasteiger partial charge in [0.15, 0.2) is 6.10 Å². The fraction of sp³-hybridized carbons (Fsp3) is 0.235. The minimum Gasteiger partial charge on any atom is -0.481 e. The van der Waals surface area contributed by atoms with Crippen molar-refractivity contribution in [3.63, 3.8) is 0 Å². The van der Waals surface area contributed by atoms with E-state index >= 15 is 0 Å². The number of anilines is 1. The zero-order valence-electron chi connectivity index (χ0n) is 12.1. The van der Waals surface area contributed by atoms with E-state index in [0.29, 0.717) is 5.75 Å². The molecule has 0 spiro atoms. The zero-order valence-corrected chi connectivity index (χ0v) is 12.1. The number of nitrogens with one attached hydrogen (secondary N) is 1. The minimum absolute atomic E-state index is 0.153. The molecular weight excluding hydrogens is 269 g/mol. The van der Waals surface area contributed by atoms with Gasteiger partial charge in [0.05, 0.1) is 5.69 Å². The highest BCUT2D eigenvalue weighted by atomic mass is 19.1. The van der Waals surface area contributed by atoms with Gasteiger partial charge in [0.2, 0.25) is 0 Å². The molecule has 21 heavy (non-hydrogen) atoms. The lowest BCUT2D eigenvalue weighted by molar-refractivity contribution is -0.122. The Balaban J connectivity index is 2.01. The Morgan fingerprint density at radius 2 is 2.00 bits per heavy atom. The number of halogens is 1. The summed E-state index contributed by atoms with van der Waals surface area (Å²) in [6, 6.07) is 13.6. The van der Waals surface area contributed by atoms with Crippen LogP contribution in [0.2, 0.25) is 0 Å². The second-order valence-corrected chi connectivity index (χ2v) is 4.73. The highest BCUT2D eigenvalue weighted by molar-refractivity contribution is 5.94. The number of hydrogen-bond donors (Lipinski definition) is 1. The Hall–Kier alpha value is -2.36. The van der Waals surface area contributed by atoms with Crippen molar-refractivity contribution in [2.45, 2.75) is 26.4 Å². The van der Waals surface area contributed by atoms with Crippen LogP contribution in [0.3, 0.4) is 0 Å². The maximum Gasteiger partial charge on any atom is 0.265 e. The summed E-state index contributed by atoms with van der Waals surface area (Å²) in [5, 5.41) is 2.52. The van der Waals surface area contributed by atoms with Crippen molar-refractivity contribution in [1.29, 1.82) is 0 Å². The molecule has 0 fully saturated rings. The SMILES string of the molecule is CCc1cccc(OC(C)C(=O)Nc2ccccc2F)c1.